The van der Waals surface area contributed by atoms with Crippen molar-refractivity contribution in [1.29, 1.82) is 0 Å². The third kappa shape index (κ3) is 3.68. The van der Waals surface area contributed by atoms with Crippen LogP contribution in [-0.2, 0) is 4.79 Å². The number of amides is 1. The number of hydrogen-bond acceptors (Lipinski definition) is 5. The molecule has 0 aliphatic carbocycles. The normalized spacial score (nSPS) is 11.5. The molecular formula is C24H26N6O2. The smallest absolute Gasteiger partial charge is 0.211 e. The van der Waals surface area contributed by atoms with Crippen molar-refractivity contribution in [1.82, 2.24) is 24.3 Å². The van der Waals surface area contributed by atoms with Crippen molar-refractivity contribution < 1.29 is 4.79 Å². The molecule has 0 fully saturated rings. The number of pyridine rings is 2. The molecule has 0 bridgehead atoms. The lowest BCUT2D eigenvalue weighted by Gasteiger charge is -2.18. The molecule has 8 nitrogen and oxygen atoms in total. The number of aryl methyl sites for hydroxylation is 1. The first-order chi connectivity index (χ1) is 15.3. The summed E-state index contributed by atoms with van der Waals surface area (Å²) in [7, 11) is 0. The van der Waals surface area contributed by atoms with E-state index in [-0.39, 0.29) is 17.5 Å². The zero-order valence-electron chi connectivity index (χ0n) is 18.8. The second kappa shape index (κ2) is 8.37. The molecular weight excluding hydrogens is 404 g/mol. The van der Waals surface area contributed by atoms with Crippen molar-refractivity contribution in [3.8, 4) is 22.8 Å². The summed E-state index contributed by atoms with van der Waals surface area (Å²) in [6, 6.07) is 9.53. The summed E-state index contributed by atoms with van der Waals surface area (Å²) in [4.78, 5) is 29.3. The molecule has 0 unspecified atom stereocenters. The average Bonchev–Trinajstić information content (AvgIpc) is 3.25. The molecule has 3 heterocycles. The molecule has 4 rings (SSSR count). The molecule has 1 aromatic carbocycles. The van der Waals surface area contributed by atoms with E-state index in [0.29, 0.717) is 40.3 Å². The number of aromatic nitrogens is 5. The fraction of sp³-hybridized carbons (Fsp3) is 0.292. The Hall–Kier alpha value is -3.81. The van der Waals surface area contributed by atoms with Crippen molar-refractivity contribution >= 4 is 23.0 Å². The van der Waals surface area contributed by atoms with Crippen molar-refractivity contribution in [2.75, 3.05) is 5.32 Å². The summed E-state index contributed by atoms with van der Waals surface area (Å²) < 4.78 is 4.01. The molecule has 0 saturated heterocycles. The van der Waals surface area contributed by atoms with Crippen LogP contribution in [0.3, 0.4) is 0 Å². The summed E-state index contributed by atoms with van der Waals surface area (Å²) in [5.41, 5.74) is 3.89. The van der Waals surface area contributed by atoms with E-state index in [2.05, 4.69) is 33.9 Å². The van der Waals surface area contributed by atoms with Gasteiger partial charge >= 0.3 is 0 Å². The summed E-state index contributed by atoms with van der Waals surface area (Å²) in [6.45, 7) is 10.1. The molecule has 0 saturated carbocycles. The van der Waals surface area contributed by atoms with E-state index in [1.807, 2.05) is 55.8 Å². The highest BCUT2D eigenvalue weighted by Crippen LogP contribution is 2.27. The van der Waals surface area contributed by atoms with Crippen LogP contribution < -0.4 is 10.7 Å². The molecule has 8 heteroatoms. The quantitative estimate of drug-likeness (QED) is 0.459. The maximum absolute atomic E-state index is 13.5. The number of nitrogens with one attached hydrogen (secondary N) is 1. The minimum Gasteiger partial charge on any atom is -0.344 e. The van der Waals surface area contributed by atoms with Gasteiger partial charge in [0, 0.05) is 29.4 Å². The van der Waals surface area contributed by atoms with Gasteiger partial charge in [-0.25, -0.2) is 4.98 Å². The zero-order chi connectivity index (χ0) is 23.0. The number of carbonyl (C=O) groups is 1. The van der Waals surface area contributed by atoms with Gasteiger partial charge in [-0.3, -0.25) is 9.59 Å². The summed E-state index contributed by atoms with van der Waals surface area (Å²) in [6.07, 6.45) is 4.16. The molecule has 164 valence electrons. The van der Waals surface area contributed by atoms with Crippen LogP contribution in [0.25, 0.3) is 33.7 Å². The lowest BCUT2D eigenvalue weighted by Crippen LogP contribution is -2.15. The zero-order valence-corrected chi connectivity index (χ0v) is 18.8. The Bertz CT molecular complexity index is 1370. The fourth-order valence-electron chi connectivity index (χ4n) is 3.84. The van der Waals surface area contributed by atoms with Gasteiger partial charge in [0.05, 0.1) is 16.8 Å². The standard InChI is InChI=1S/C24H26N6O2/c1-14(2)29-11-18(23(32)17-10-21(25-13-31)16(5)9-22(17)29)19-7-6-8-20(27-19)24-28-26-12-30(24)15(3)4/h6-15H,1-5H3,(H,25,31). The maximum Gasteiger partial charge on any atom is 0.211 e. The first-order valence-corrected chi connectivity index (χ1v) is 10.6. The highest BCUT2D eigenvalue weighted by Gasteiger charge is 2.17. The Labute approximate surface area is 185 Å². The first-order valence-electron chi connectivity index (χ1n) is 10.6. The monoisotopic (exact) mass is 430 g/mol. The van der Waals surface area contributed by atoms with Crippen molar-refractivity contribution in [3.05, 3.63) is 58.6 Å². The topological polar surface area (TPSA) is 94.7 Å². The molecule has 3 aromatic heterocycles. The van der Waals surface area contributed by atoms with E-state index in [9.17, 15) is 9.59 Å². The van der Waals surface area contributed by atoms with Gasteiger partial charge in [0.1, 0.15) is 12.0 Å². The molecule has 0 spiro atoms. The second-order valence-corrected chi connectivity index (χ2v) is 8.38. The first kappa shape index (κ1) is 21.4. The Kier molecular flexibility index (Phi) is 5.61. The number of fused-ring (bicyclic) bond motifs is 1. The maximum atomic E-state index is 13.5. The third-order valence-corrected chi connectivity index (χ3v) is 5.53. The number of carbonyl (C=O) groups excluding carboxylic acids is 1. The fourth-order valence-corrected chi connectivity index (χ4v) is 3.84. The van der Waals surface area contributed by atoms with Crippen LogP contribution in [0.5, 0.6) is 0 Å². The van der Waals surface area contributed by atoms with E-state index in [1.165, 1.54) is 0 Å². The van der Waals surface area contributed by atoms with Crippen LogP contribution in [0, 0.1) is 6.92 Å². The van der Waals surface area contributed by atoms with Crippen molar-refractivity contribution in [3.63, 3.8) is 0 Å². The number of hydrogen-bond donors (Lipinski definition) is 1. The van der Waals surface area contributed by atoms with Crippen LogP contribution in [-0.4, -0.2) is 30.7 Å². The lowest BCUT2D eigenvalue weighted by atomic mass is 10.0. The highest BCUT2D eigenvalue weighted by molar-refractivity contribution is 5.90. The SMILES string of the molecule is Cc1cc2c(cc1NC=O)c(=O)c(-c1cccc(-c3nncn3C(C)C)n1)cn2C(C)C. The Morgan fingerprint density at radius 1 is 1.03 bits per heavy atom. The molecule has 4 aromatic rings. The average molecular weight is 431 g/mol. The minimum absolute atomic E-state index is 0.119. The van der Waals surface area contributed by atoms with Gasteiger partial charge in [-0.1, -0.05) is 6.07 Å². The van der Waals surface area contributed by atoms with Gasteiger partial charge < -0.3 is 14.5 Å². The van der Waals surface area contributed by atoms with Crippen molar-refractivity contribution in [2.45, 2.75) is 46.7 Å². The Morgan fingerprint density at radius 2 is 1.75 bits per heavy atom. The molecule has 1 N–H and O–H groups in total. The van der Waals surface area contributed by atoms with E-state index in [1.54, 1.807) is 12.4 Å². The predicted octanol–water partition coefficient (Wildman–Crippen LogP) is 4.36. The van der Waals surface area contributed by atoms with Gasteiger partial charge in [-0.2, -0.15) is 0 Å². The van der Waals surface area contributed by atoms with Gasteiger partial charge in [0.2, 0.25) is 6.41 Å². The lowest BCUT2D eigenvalue weighted by molar-refractivity contribution is -0.105. The number of benzene rings is 1. The molecule has 0 aliphatic heterocycles. The third-order valence-electron chi connectivity index (χ3n) is 5.53. The second-order valence-electron chi connectivity index (χ2n) is 8.38. The van der Waals surface area contributed by atoms with E-state index in [4.69, 9.17) is 4.98 Å². The molecule has 0 radical (unpaired) electrons. The number of nitrogens with zero attached hydrogens (tertiary/aromatic N) is 5. The highest BCUT2D eigenvalue weighted by atomic mass is 16.1. The number of anilines is 1. The molecule has 0 atom stereocenters. The van der Waals surface area contributed by atoms with Gasteiger partial charge in [-0.05, 0) is 64.4 Å². The van der Waals surface area contributed by atoms with Gasteiger partial charge in [0.25, 0.3) is 0 Å². The number of rotatable bonds is 6. The van der Waals surface area contributed by atoms with Crippen LogP contribution in [0.4, 0.5) is 5.69 Å². The van der Waals surface area contributed by atoms with Crippen LogP contribution in [0.15, 0.2) is 47.7 Å². The Balaban J connectivity index is 1.96. The molecule has 32 heavy (non-hydrogen) atoms. The Morgan fingerprint density at radius 3 is 2.44 bits per heavy atom. The largest absolute Gasteiger partial charge is 0.344 e. The summed E-state index contributed by atoms with van der Waals surface area (Å²) >= 11 is 0. The van der Waals surface area contributed by atoms with E-state index < -0.39 is 0 Å². The minimum atomic E-state index is -0.138. The van der Waals surface area contributed by atoms with Crippen LogP contribution in [0.1, 0.15) is 45.3 Å². The van der Waals surface area contributed by atoms with E-state index >= 15 is 0 Å². The van der Waals surface area contributed by atoms with Crippen LogP contribution in [0.2, 0.25) is 0 Å². The predicted molar refractivity (Wildman–Crippen MR) is 126 cm³/mol. The van der Waals surface area contributed by atoms with Crippen LogP contribution >= 0.6 is 0 Å². The van der Waals surface area contributed by atoms with Gasteiger partial charge in [-0.15, -0.1) is 10.2 Å². The van der Waals surface area contributed by atoms with Gasteiger partial charge in [0.15, 0.2) is 11.3 Å². The summed E-state index contributed by atoms with van der Waals surface area (Å²) in [5, 5.41) is 11.5. The molecule has 0 aliphatic rings. The molecule has 1 amide bonds. The summed E-state index contributed by atoms with van der Waals surface area (Å²) in [5.74, 6) is 0.653. The van der Waals surface area contributed by atoms with E-state index in [0.717, 1.165) is 11.1 Å². The van der Waals surface area contributed by atoms with Crippen molar-refractivity contribution in [2.24, 2.45) is 0 Å².